The first-order chi connectivity index (χ1) is 10.9. The van der Waals surface area contributed by atoms with Crippen molar-refractivity contribution in [3.8, 4) is 6.07 Å². The van der Waals surface area contributed by atoms with Crippen LogP contribution in [0, 0.1) is 16.7 Å². The number of aliphatic hydroxyl groups is 1. The fourth-order valence-electron chi connectivity index (χ4n) is 2.98. The topological polar surface area (TPSA) is 81.4 Å². The molecule has 0 spiro atoms. The normalized spacial score (nSPS) is 18.5. The summed E-state index contributed by atoms with van der Waals surface area (Å²) < 4.78 is 24.7. The Morgan fingerprint density at radius 2 is 1.87 bits per heavy atom. The molecule has 1 aromatic carbocycles. The molecule has 0 saturated carbocycles. The predicted molar refractivity (Wildman–Crippen MR) is 88.7 cm³/mol. The Hall–Kier alpha value is -1.42. The van der Waals surface area contributed by atoms with Crippen LogP contribution in [0.5, 0.6) is 0 Å². The fourth-order valence-corrected chi connectivity index (χ4v) is 4.26. The van der Waals surface area contributed by atoms with Crippen LogP contribution in [0.3, 0.4) is 0 Å². The van der Waals surface area contributed by atoms with Gasteiger partial charge in [0.1, 0.15) is 0 Å². The zero-order valence-corrected chi connectivity index (χ0v) is 14.3. The second-order valence-corrected chi connectivity index (χ2v) is 8.42. The maximum atomic E-state index is 12.4. The van der Waals surface area contributed by atoms with Crippen LogP contribution in [0.1, 0.15) is 31.7 Å². The van der Waals surface area contributed by atoms with Gasteiger partial charge in [-0.2, -0.15) is 5.26 Å². The molecule has 2 rings (SSSR count). The number of hydrogen-bond donors (Lipinski definition) is 1. The molecule has 1 aliphatic heterocycles. The summed E-state index contributed by atoms with van der Waals surface area (Å²) in [6, 6.07) is 8.05. The van der Waals surface area contributed by atoms with Crippen molar-refractivity contribution in [2.24, 2.45) is 5.41 Å². The van der Waals surface area contributed by atoms with E-state index in [0.29, 0.717) is 12.1 Å². The van der Waals surface area contributed by atoms with Crippen LogP contribution < -0.4 is 0 Å². The van der Waals surface area contributed by atoms with Crippen molar-refractivity contribution in [3.05, 3.63) is 29.8 Å². The van der Waals surface area contributed by atoms with Gasteiger partial charge in [0.2, 0.25) is 0 Å². The van der Waals surface area contributed by atoms with Gasteiger partial charge in [0.15, 0.2) is 9.84 Å². The number of sulfone groups is 1. The van der Waals surface area contributed by atoms with Crippen molar-refractivity contribution < 1.29 is 13.5 Å². The molecule has 5 nitrogen and oxygen atoms in total. The summed E-state index contributed by atoms with van der Waals surface area (Å²) in [5.74, 6) is 0.0805. The molecular weight excluding hydrogens is 312 g/mol. The lowest BCUT2D eigenvalue weighted by Crippen LogP contribution is -2.43. The Morgan fingerprint density at radius 3 is 2.35 bits per heavy atom. The minimum Gasteiger partial charge on any atom is -0.396 e. The van der Waals surface area contributed by atoms with E-state index >= 15 is 0 Å². The Kier molecular flexibility index (Phi) is 5.79. The van der Waals surface area contributed by atoms with Crippen molar-refractivity contribution in [1.82, 2.24) is 4.90 Å². The molecule has 1 saturated heterocycles. The van der Waals surface area contributed by atoms with Crippen LogP contribution in [0.2, 0.25) is 0 Å². The molecule has 1 heterocycles. The molecule has 1 fully saturated rings. The monoisotopic (exact) mass is 336 g/mol. The van der Waals surface area contributed by atoms with Gasteiger partial charge in [-0.3, -0.25) is 0 Å². The molecule has 6 heteroatoms. The number of benzene rings is 1. The van der Waals surface area contributed by atoms with Gasteiger partial charge >= 0.3 is 0 Å². The summed E-state index contributed by atoms with van der Waals surface area (Å²) in [6.45, 7) is 4.48. The van der Waals surface area contributed by atoms with E-state index in [2.05, 4.69) is 11.8 Å². The SMILES string of the molecule is CCC1(CO)CCN(CCS(=O)(=O)c2ccc(C#N)cc2)CC1. The Bertz CT molecular complexity index is 648. The number of likely N-dealkylation sites (tertiary alicyclic amines) is 1. The molecule has 0 radical (unpaired) electrons. The standard InChI is InChI=1S/C17H24N2O3S/c1-2-17(14-20)7-9-19(10-8-17)11-12-23(21,22)16-5-3-15(13-18)4-6-16/h3-6,20H,2,7-12,14H2,1H3. The van der Waals surface area contributed by atoms with E-state index in [1.54, 1.807) is 0 Å². The predicted octanol–water partition coefficient (Wildman–Crippen LogP) is 1.82. The quantitative estimate of drug-likeness (QED) is 0.857. The van der Waals surface area contributed by atoms with Crippen molar-refractivity contribution >= 4 is 9.84 Å². The highest BCUT2D eigenvalue weighted by atomic mass is 32.2. The smallest absolute Gasteiger partial charge is 0.179 e. The summed E-state index contributed by atoms with van der Waals surface area (Å²) >= 11 is 0. The van der Waals surface area contributed by atoms with Gasteiger partial charge in [-0.1, -0.05) is 6.92 Å². The summed E-state index contributed by atoms with van der Waals surface area (Å²) in [5.41, 5.74) is 0.475. The first kappa shape index (κ1) is 17.9. The van der Waals surface area contributed by atoms with Crippen molar-refractivity contribution in [3.63, 3.8) is 0 Å². The minimum absolute atomic E-state index is 0.0164. The number of rotatable bonds is 6. The van der Waals surface area contributed by atoms with Crippen LogP contribution in [-0.2, 0) is 9.84 Å². The van der Waals surface area contributed by atoms with E-state index in [4.69, 9.17) is 5.26 Å². The highest BCUT2D eigenvalue weighted by Gasteiger charge is 2.32. The average molecular weight is 336 g/mol. The molecule has 0 bridgehead atoms. The summed E-state index contributed by atoms with van der Waals surface area (Å²) in [5, 5.41) is 18.3. The molecule has 0 unspecified atom stereocenters. The van der Waals surface area contributed by atoms with E-state index in [1.165, 1.54) is 24.3 Å². The third kappa shape index (κ3) is 4.31. The van der Waals surface area contributed by atoms with Crippen molar-refractivity contribution in [1.29, 1.82) is 5.26 Å². The lowest BCUT2D eigenvalue weighted by Gasteiger charge is -2.40. The Morgan fingerprint density at radius 1 is 1.26 bits per heavy atom. The van der Waals surface area contributed by atoms with E-state index in [0.717, 1.165) is 32.4 Å². The van der Waals surface area contributed by atoms with Gasteiger partial charge in [0.25, 0.3) is 0 Å². The number of hydrogen-bond acceptors (Lipinski definition) is 5. The Labute approximate surface area is 138 Å². The molecule has 0 atom stereocenters. The van der Waals surface area contributed by atoms with E-state index in [1.807, 2.05) is 6.07 Å². The third-order valence-electron chi connectivity index (χ3n) is 5.02. The van der Waals surface area contributed by atoms with Crippen LogP contribution in [0.15, 0.2) is 29.2 Å². The number of aliphatic hydroxyl groups excluding tert-OH is 1. The molecule has 23 heavy (non-hydrogen) atoms. The minimum atomic E-state index is -3.32. The van der Waals surface area contributed by atoms with Gasteiger partial charge in [-0.05, 0) is 62.0 Å². The second kappa shape index (κ2) is 7.43. The van der Waals surface area contributed by atoms with Crippen LogP contribution in [-0.4, -0.2) is 50.4 Å². The number of piperidine rings is 1. The lowest BCUT2D eigenvalue weighted by molar-refractivity contribution is 0.0431. The van der Waals surface area contributed by atoms with Gasteiger partial charge in [-0.15, -0.1) is 0 Å². The first-order valence-electron chi connectivity index (χ1n) is 8.01. The molecule has 0 aliphatic carbocycles. The molecule has 0 aromatic heterocycles. The molecule has 1 aliphatic rings. The van der Waals surface area contributed by atoms with Gasteiger partial charge < -0.3 is 10.0 Å². The summed E-state index contributed by atoms with van der Waals surface area (Å²) in [4.78, 5) is 2.43. The number of nitriles is 1. The highest BCUT2D eigenvalue weighted by Crippen LogP contribution is 2.34. The van der Waals surface area contributed by atoms with E-state index in [-0.39, 0.29) is 22.7 Å². The first-order valence-corrected chi connectivity index (χ1v) is 9.66. The summed E-state index contributed by atoms with van der Waals surface area (Å²) in [6.07, 6.45) is 2.79. The Balaban J connectivity index is 1.91. The second-order valence-electron chi connectivity index (χ2n) is 6.31. The highest BCUT2D eigenvalue weighted by molar-refractivity contribution is 7.91. The molecule has 126 valence electrons. The zero-order chi connectivity index (χ0) is 16.9. The maximum absolute atomic E-state index is 12.4. The molecule has 1 N–H and O–H groups in total. The zero-order valence-electron chi connectivity index (χ0n) is 13.5. The van der Waals surface area contributed by atoms with Crippen LogP contribution in [0.4, 0.5) is 0 Å². The summed E-state index contributed by atoms with van der Waals surface area (Å²) in [7, 11) is -3.32. The van der Waals surface area contributed by atoms with Crippen molar-refractivity contribution in [2.75, 3.05) is 32.0 Å². The average Bonchev–Trinajstić information content (AvgIpc) is 2.60. The maximum Gasteiger partial charge on any atom is 0.179 e. The van der Waals surface area contributed by atoms with E-state index < -0.39 is 9.84 Å². The molecule has 0 amide bonds. The molecular formula is C17H24N2O3S. The van der Waals surface area contributed by atoms with Crippen LogP contribution >= 0.6 is 0 Å². The van der Waals surface area contributed by atoms with E-state index in [9.17, 15) is 13.5 Å². The van der Waals surface area contributed by atoms with Crippen LogP contribution in [0.25, 0.3) is 0 Å². The van der Waals surface area contributed by atoms with Gasteiger partial charge in [-0.25, -0.2) is 8.42 Å². The fraction of sp³-hybridized carbons (Fsp3) is 0.588. The largest absolute Gasteiger partial charge is 0.396 e. The molecule has 1 aromatic rings. The third-order valence-corrected chi connectivity index (χ3v) is 6.73. The lowest BCUT2D eigenvalue weighted by atomic mass is 9.77. The van der Waals surface area contributed by atoms with Gasteiger partial charge in [0, 0.05) is 13.2 Å². The van der Waals surface area contributed by atoms with Crippen molar-refractivity contribution in [2.45, 2.75) is 31.1 Å². The number of nitrogens with zero attached hydrogens (tertiary/aromatic N) is 2. The van der Waals surface area contributed by atoms with Gasteiger partial charge in [0.05, 0.1) is 22.3 Å².